The summed E-state index contributed by atoms with van der Waals surface area (Å²) in [5.74, 6) is 0. The lowest BCUT2D eigenvalue weighted by molar-refractivity contribution is -0.377. The Morgan fingerprint density at radius 2 is 1.15 bits per heavy atom. The van der Waals surface area contributed by atoms with Gasteiger partial charge in [-0.2, -0.15) is 0 Å². The van der Waals surface area contributed by atoms with E-state index >= 15 is 0 Å². The summed E-state index contributed by atoms with van der Waals surface area (Å²) >= 11 is 0. The van der Waals surface area contributed by atoms with Gasteiger partial charge in [0.2, 0.25) is 0 Å². The number of rotatable bonds is 18. The van der Waals surface area contributed by atoms with E-state index in [4.69, 9.17) is 47.4 Å². The molecule has 6 aromatic rings. The quantitative estimate of drug-likeness (QED) is 0.0466. The second-order valence-electron chi connectivity index (χ2n) is 16.3. The van der Waals surface area contributed by atoms with E-state index < -0.39 is 67.6 Å². The Balaban J connectivity index is 1.05. The first-order chi connectivity index (χ1) is 32.1. The van der Waals surface area contributed by atoms with Crippen molar-refractivity contribution >= 4 is 10.8 Å². The molecule has 0 amide bonds. The molecule has 3 heterocycles. The molecule has 13 heteroatoms. The zero-order chi connectivity index (χ0) is 44.2. The first kappa shape index (κ1) is 44.7. The molecule has 0 bridgehead atoms. The highest BCUT2D eigenvalue weighted by atomic mass is 16.8. The zero-order valence-corrected chi connectivity index (χ0v) is 36.1. The predicted octanol–water partition coefficient (Wildman–Crippen LogP) is 9.39. The molecular weight excluding hydrogens is 827 g/mol. The number of ether oxygens (including phenoxy) is 10. The van der Waals surface area contributed by atoms with Gasteiger partial charge in [-0.25, -0.2) is 0 Å². The van der Waals surface area contributed by atoms with E-state index in [1.54, 1.807) is 7.11 Å². The van der Waals surface area contributed by atoms with Gasteiger partial charge in [-0.1, -0.05) is 163 Å². The van der Waals surface area contributed by atoms with E-state index in [1.165, 1.54) is 0 Å². The molecule has 336 valence electrons. The fourth-order valence-corrected chi connectivity index (χ4v) is 8.63. The maximum atomic E-state index is 10.2. The average molecular weight is 880 g/mol. The van der Waals surface area contributed by atoms with E-state index in [0.717, 1.165) is 38.6 Å². The molecule has 13 nitrogen and oxygen atoms in total. The number of methoxy groups -OCH3 is 1. The van der Waals surface area contributed by atoms with Crippen molar-refractivity contribution < 1.29 is 47.4 Å². The van der Waals surface area contributed by atoms with Crippen LogP contribution in [-0.2, 0) is 73.8 Å². The molecule has 0 radical (unpaired) electrons. The second-order valence-corrected chi connectivity index (χ2v) is 16.3. The molecule has 0 aromatic heterocycles. The molecule has 3 fully saturated rings. The van der Waals surface area contributed by atoms with Crippen molar-refractivity contribution in [2.24, 2.45) is 5.11 Å². The summed E-state index contributed by atoms with van der Waals surface area (Å²) in [6.45, 7) is 1.22. The van der Waals surface area contributed by atoms with Crippen LogP contribution in [0.2, 0.25) is 0 Å². The molecule has 0 spiro atoms. The minimum atomic E-state index is -1.18. The van der Waals surface area contributed by atoms with Crippen molar-refractivity contribution in [3.63, 3.8) is 0 Å². The van der Waals surface area contributed by atoms with Gasteiger partial charge in [-0.3, -0.25) is 0 Å². The van der Waals surface area contributed by atoms with Crippen LogP contribution >= 0.6 is 0 Å². The molecular formula is C52H53N3O10. The van der Waals surface area contributed by atoms with Crippen molar-refractivity contribution in [2.75, 3.05) is 20.3 Å². The fourth-order valence-electron chi connectivity index (χ4n) is 8.63. The van der Waals surface area contributed by atoms with Gasteiger partial charge in [0, 0.05) is 17.6 Å². The van der Waals surface area contributed by atoms with Crippen molar-refractivity contribution in [3.05, 3.63) is 202 Å². The maximum absolute atomic E-state index is 10.2. The molecule has 3 aliphatic rings. The Kier molecular flexibility index (Phi) is 15.2. The smallest absolute Gasteiger partial charge is 0.186 e. The van der Waals surface area contributed by atoms with Crippen LogP contribution in [0.25, 0.3) is 21.2 Å². The molecule has 3 saturated heterocycles. The summed E-state index contributed by atoms with van der Waals surface area (Å²) in [6.07, 6.45) is -8.27. The summed E-state index contributed by atoms with van der Waals surface area (Å²) in [5, 5.41) is 6.54. The summed E-state index contributed by atoms with van der Waals surface area (Å²) in [6, 6.07) is 52.6. The fraction of sp³-hybridized carbons (Fsp3) is 0.346. The van der Waals surface area contributed by atoms with Gasteiger partial charge in [0.15, 0.2) is 18.9 Å². The SMILES string of the molecule is CO[C@H]1O[C@H](COCc2ccccc2)[C@@H](O[C@@H]2O[C@@H]3CO[C@H](c4ccccc4)O[C@@H]3[C@H](OCc3ccc4ccccc4c3)[C@H]2N=[N+]=[N-])[C@H](OCc2ccccc2)[C@H]1OCc1ccccc1. The minimum absolute atomic E-state index is 0.0911. The molecule has 0 aliphatic carbocycles. The van der Waals surface area contributed by atoms with Gasteiger partial charge in [0.1, 0.15) is 48.8 Å². The monoisotopic (exact) mass is 879 g/mol. The van der Waals surface area contributed by atoms with E-state index in [1.807, 2.05) is 140 Å². The largest absolute Gasteiger partial charge is 0.374 e. The van der Waals surface area contributed by atoms with Gasteiger partial charge in [-0.15, -0.1) is 0 Å². The molecule has 6 aromatic carbocycles. The summed E-state index contributed by atoms with van der Waals surface area (Å²) in [7, 11) is 1.58. The molecule has 0 saturated carbocycles. The summed E-state index contributed by atoms with van der Waals surface area (Å²) < 4.78 is 66.4. The van der Waals surface area contributed by atoms with Crippen LogP contribution in [0.1, 0.15) is 34.1 Å². The zero-order valence-electron chi connectivity index (χ0n) is 36.1. The van der Waals surface area contributed by atoms with E-state index in [-0.39, 0.29) is 33.0 Å². The molecule has 65 heavy (non-hydrogen) atoms. The Labute approximate surface area is 378 Å². The minimum Gasteiger partial charge on any atom is -0.374 e. The first-order valence-electron chi connectivity index (χ1n) is 22.0. The van der Waals surface area contributed by atoms with Gasteiger partial charge in [0.25, 0.3) is 0 Å². The number of azide groups is 1. The van der Waals surface area contributed by atoms with Crippen LogP contribution in [0.4, 0.5) is 0 Å². The normalized spacial score (nSPS) is 27.7. The predicted molar refractivity (Wildman–Crippen MR) is 241 cm³/mol. The van der Waals surface area contributed by atoms with Gasteiger partial charge < -0.3 is 47.4 Å². The highest BCUT2D eigenvalue weighted by Gasteiger charge is 2.55. The van der Waals surface area contributed by atoms with Gasteiger partial charge in [0.05, 0.1) is 39.6 Å². The van der Waals surface area contributed by atoms with E-state index in [0.29, 0.717) is 6.61 Å². The van der Waals surface area contributed by atoms with Crippen molar-refractivity contribution in [3.8, 4) is 0 Å². The van der Waals surface area contributed by atoms with Crippen LogP contribution in [0.5, 0.6) is 0 Å². The van der Waals surface area contributed by atoms with E-state index in [2.05, 4.69) is 34.3 Å². The van der Waals surface area contributed by atoms with Crippen LogP contribution < -0.4 is 0 Å². The van der Waals surface area contributed by atoms with Crippen LogP contribution in [0.3, 0.4) is 0 Å². The second kappa shape index (κ2) is 22.1. The molecule has 3 aliphatic heterocycles. The average Bonchev–Trinajstić information content (AvgIpc) is 3.36. The molecule has 9 rings (SSSR count). The third-order valence-electron chi connectivity index (χ3n) is 11.9. The number of fused-ring (bicyclic) bond motifs is 2. The van der Waals surface area contributed by atoms with Crippen LogP contribution in [0.15, 0.2) is 169 Å². The van der Waals surface area contributed by atoms with Crippen LogP contribution in [-0.4, -0.2) is 81.7 Å². The van der Waals surface area contributed by atoms with Crippen molar-refractivity contribution in [2.45, 2.75) is 94.1 Å². The maximum Gasteiger partial charge on any atom is 0.186 e. The lowest BCUT2D eigenvalue weighted by Gasteiger charge is -2.51. The molecule has 0 N–H and O–H groups in total. The third kappa shape index (κ3) is 11.1. The highest BCUT2D eigenvalue weighted by Crippen LogP contribution is 2.40. The highest BCUT2D eigenvalue weighted by molar-refractivity contribution is 5.82. The number of hydrogen-bond donors (Lipinski definition) is 0. The summed E-state index contributed by atoms with van der Waals surface area (Å²) in [5.41, 5.74) is 14.9. The van der Waals surface area contributed by atoms with Crippen LogP contribution in [0, 0.1) is 0 Å². The number of hydrogen-bond acceptors (Lipinski definition) is 11. The van der Waals surface area contributed by atoms with Crippen molar-refractivity contribution in [1.29, 1.82) is 0 Å². The first-order valence-corrected chi connectivity index (χ1v) is 22.0. The van der Waals surface area contributed by atoms with Gasteiger partial charge >= 0.3 is 0 Å². The van der Waals surface area contributed by atoms with Crippen molar-refractivity contribution in [1.82, 2.24) is 0 Å². The lowest BCUT2D eigenvalue weighted by Crippen LogP contribution is -2.66. The topological polar surface area (TPSA) is 141 Å². The Hall–Kier alpha value is -5.51. The molecule has 11 atom stereocenters. The molecule has 0 unspecified atom stereocenters. The van der Waals surface area contributed by atoms with Gasteiger partial charge in [-0.05, 0) is 44.6 Å². The summed E-state index contributed by atoms with van der Waals surface area (Å²) in [4.78, 5) is 3.33. The number of benzene rings is 6. The Morgan fingerprint density at radius 1 is 0.569 bits per heavy atom. The lowest BCUT2D eigenvalue weighted by atomic mass is 9.94. The Bertz CT molecular complexity index is 2430. The number of nitrogens with zero attached hydrogens (tertiary/aromatic N) is 3. The van der Waals surface area contributed by atoms with E-state index in [9.17, 15) is 5.53 Å². The Morgan fingerprint density at radius 3 is 1.82 bits per heavy atom. The third-order valence-corrected chi connectivity index (χ3v) is 11.9. The standard InChI is InChI=1S/C52H53N3O10/c1-56-52-49(60-31-37-20-10-4-11-21-37)48(59-30-36-18-8-3-9-19-36)46(42(63-52)33-57-29-35-16-6-2-7-17-35)65-51-44(54-55-53)47(58-32-38-26-27-39-22-14-15-25-41(39)28-38)45-43(62-51)34-61-50(64-45)40-23-12-5-13-24-40/h2-28,42-52H,29-34H2,1H3/t42-,43-,44-,45+,46-,47-,48+,49-,50+,51+,52+/m1/s1.